The summed E-state index contributed by atoms with van der Waals surface area (Å²) in [6.07, 6.45) is 3.15. The van der Waals surface area contributed by atoms with Crippen molar-refractivity contribution in [2.45, 2.75) is 26.8 Å². The van der Waals surface area contributed by atoms with E-state index in [-0.39, 0.29) is 19.0 Å². The van der Waals surface area contributed by atoms with E-state index in [1.165, 1.54) is 11.3 Å². The molecule has 13 heavy (non-hydrogen) atoms. The number of aliphatic hydroxyl groups is 1. The molecule has 1 N–H and O–H groups in total. The predicted octanol–water partition coefficient (Wildman–Crippen LogP) is -2.16. The zero-order valence-corrected chi connectivity index (χ0v) is 8.88. The van der Waals surface area contributed by atoms with Gasteiger partial charge in [-0.1, -0.05) is 6.92 Å². The summed E-state index contributed by atoms with van der Waals surface area (Å²) in [5.74, 6) is 0. The average molecular weight is 202 g/mol. The van der Waals surface area contributed by atoms with Crippen molar-refractivity contribution in [1.82, 2.24) is 0 Å². The Balaban J connectivity index is 0.00000144. The largest absolute Gasteiger partial charge is 1.00 e. The van der Waals surface area contributed by atoms with Crippen molar-refractivity contribution in [3.05, 3.63) is 29.6 Å². The van der Waals surface area contributed by atoms with Crippen LogP contribution in [0, 0.1) is 6.92 Å². The number of hydrogen-bond donors (Lipinski definition) is 1. The van der Waals surface area contributed by atoms with Crippen LogP contribution in [0.25, 0.3) is 0 Å². The number of halogens is 1. The van der Waals surface area contributed by atoms with E-state index in [0.29, 0.717) is 6.54 Å². The van der Waals surface area contributed by atoms with Gasteiger partial charge in [0.05, 0.1) is 0 Å². The minimum atomic E-state index is 0. The molecule has 0 aliphatic heterocycles. The highest BCUT2D eigenvalue weighted by Crippen LogP contribution is 1.97. The lowest BCUT2D eigenvalue weighted by molar-refractivity contribution is -0.704. The topological polar surface area (TPSA) is 24.1 Å². The summed E-state index contributed by atoms with van der Waals surface area (Å²) in [6, 6.07) is 4.22. The summed E-state index contributed by atoms with van der Waals surface area (Å²) in [6.45, 7) is 5.08. The molecule has 0 unspecified atom stereocenters. The lowest BCUT2D eigenvalue weighted by Gasteiger charge is -2.00. The Kier molecular flexibility index (Phi) is 5.67. The quantitative estimate of drug-likeness (QED) is 0.554. The van der Waals surface area contributed by atoms with Crippen LogP contribution in [0.15, 0.2) is 18.3 Å². The van der Waals surface area contributed by atoms with E-state index in [1.54, 1.807) is 0 Å². The van der Waals surface area contributed by atoms with Gasteiger partial charge in [0, 0.05) is 18.6 Å². The molecule has 0 aromatic carbocycles. The van der Waals surface area contributed by atoms with Crippen LogP contribution in [-0.4, -0.2) is 11.7 Å². The van der Waals surface area contributed by atoms with Crippen LogP contribution < -0.4 is 17.0 Å². The van der Waals surface area contributed by atoms with Crippen LogP contribution in [0.4, 0.5) is 0 Å². The molecule has 0 saturated carbocycles. The fourth-order valence-electron chi connectivity index (χ4n) is 1.23. The number of aliphatic hydroxyl groups excluding tert-OH is 1. The van der Waals surface area contributed by atoms with Crippen LogP contribution in [0.2, 0.25) is 0 Å². The maximum Gasteiger partial charge on any atom is 0.178 e. The fraction of sp³-hybridized carbons (Fsp3) is 0.500. The van der Waals surface area contributed by atoms with Crippen molar-refractivity contribution in [3.8, 4) is 0 Å². The van der Waals surface area contributed by atoms with Crippen LogP contribution in [0.5, 0.6) is 0 Å². The standard InChI is InChI=1S/C10H16NO.ClH/c1-3-10-5-4-9(2)11(8-10)6-7-12;/h4-5,8,12H,3,6-7H2,1-2H3;1H/q+1;/p-1. The summed E-state index contributed by atoms with van der Waals surface area (Å²) < 4.78 is 2.08. The molecule has 0 amide bonds. The van der Waals surface area contributed by atoms with Gasteiger partial charge in [-0.05, 0) is 12.5 Å². The first-order chi connectivity index (χ1) is 5.77. The first kappa shape index (κ1) is 12.4. The Morgan fingerprint density at radius 1 is 1.38 bits per heavy atom. The van der Waals surface area contributed by atoms with Gasteiger partial charge in [-0.2, -0.15) is 0 Å². The third-order valence-corrected chi connectivity index (χ3v) is 2.06. The number of rotatable bonds is 3. The molecule has 0 saturated heterocycles. The van der Waals surface area contributed by atoms with Crippen molar-refractivity contribution in [2.75, 3.05) is 6.61 Å². The molecule has 1 heterocycles. The molecule has 1 rings (SSSR count). The average Bonchev–Trinajstić information content (AvgIpc) is 2.09. The highest BCUT2D eigenvalue weighted by molar-refractivity contribution is 5.08. The second kappa shape index (κ2) is 5.95. The van der Waals surface area contributed by atoms with Gasteiger partial charge in [0.1, 0.15) is 6.61 Å². The normalized spacial score (nSPS) is 9.46. The van der Waals surface area contributed by atoms with Gasteiger partial charge in [-0.25, -0.2) is 4.57 Å². The molecule has 2 nitrogen and oxygen atoms in total. The van der Waals surface area contributed by atoms with Crippen LogP contribution >= 0.6 is 0 Å². The zero-order valence-electron chi connectivity index (χ0n) is 8.13. The Hall–Kier alpha value is -0.600. The highest BCUT2D eigenvalue weighted by atomic mass is 35.5. The summed E-state index contributed by atoms with van der Waals surface area (Å²) in [5.41, 5.74) is 2.51. The molecule has 0 aliphatic rings. The molecule has 1 aromatic rings. The molecule has 74 valence electrons. The molecular formula is C10H16ClNO. The van der Waals surface area contributed by atoms with E-state index >= 15 is 0 Å². The van der Waals surface area contributed by atoms with Crippen molar-refractivity contribution in [3.63, 3.8) is 0 Å². The Morgan fingerprint density at radius 2 is 2.08 bits per heavy atom. The van der Waals surface area contributed by atoms with Crippen molar-refractivity contribution in [2.24, 2.45) is 0 Å². The molecule has 0 spiro atoms. The Bertz CT molecular complexity index is 263. The molecule has 0 aliphatic carbocycles. The Morgan fingerprint density at radius 3 is 2.62 bits per heavy atom. The molecule has 0 radical (unpaired) electrons. The maximum atomic E-state index is 8.79. The molecule has 0 bridgehead atoms. The van der Waals surface area contributed by atoms with Gasteiger partial charge in [0.25, 0.3) is 0 Å². The first-order valence-electron chi connectivity index (χ1n) is 4.37. The number of aromatic nitrogens is 1. The van der Waals surface area contributed by atoms with Gasteiger partial charge in [0.2, 0.25) is 0 Å². The lowest BCUT2D eigenvalue weighted by atomic mass is 10.2. The first-order valence-corrected chi connectivity index (χ1v) is 4.37. The van der Waals surface area contributed by atoms with E-state index in [4.69, 9.17) is 5.11 Å². The molecule has 0 fully saturated rings. The third kappa shape index (κ3) is 3.33. The molecule has 0 atom stereocenters. The van der Waals surface area contributed by atoms with E-state index in [0.717, 1.165) is 6.42 Å². The van der Waals surface area contributed by atoms with Crippen LogP contribution in [0.3, 0.4) is 0 Å². The predicted molar refractivity (Wildman–Crippen MR) is 47.8 cm³/mol. The van der Waals surface area contributed by atoms with Crippen molar-refractivity contribution >= 4 is 0 Å². The summed E-state index contributed by atoms with van der Waals surface area (Å²) in [4.78, 5) is 0. The van der Waals surface area contributed by atoms with E-state index in [2.05, 4.69) is 36.7 Å². The highest BCUT2D eigenvalue weighted by Gasteiger charge is 2.05. The van der Waals surface area contributed by atoms with Crippen molar-refractivity contribution in [1.29, 1.82) is 0 Å². The van der Waals surface area contributed by atoms with Crippen LogP contribution in [-0.2, 0) is 13.0 Å². The SMILES string of the molecule is CCc1ccc(C)[n+](CCO)c1.[Cl-]. The second-order valence-corrected chi connectivity index (χ2v) is 2.95. The molecular weight excluding hydrogens is 186 g/mol. The number of nitrogens with zero attached hydrogens (tertiary/aromatic N) is 1. The smallest absolute Gasteiger partial charge is 0.178 e. The van der Waals surface area contributed by atoms with Gasteiger partial charge in [0.15, 0.2) is 18.4 Å². The number of hydrogen-bond acceptors (Lipinski definition) is 1. The van der Waals surface area contributed by atoms with E-state index < -0.39 is 0 Å². The number of pyridine rings is 1. The van der Waals surface area contributed by atoms with Gasteiger partial charge >= 0.3 is 0 Å². The van der Waals surface area contributed by atoms with Crippen LogP contribution in [0.1, 0.15) is 18.2 Å². The zero-order chi connectivity index (χ0) is 8.97. The monoisotopic (exact) mass is 201 g/mol. The van der Waals surface area contributed by atoms with Gasteiger partial charge in [-0.15, -0.1) is 0 Å². The van der Waals surface area contributed by atoms with Gasteiger partial charge in [-0.3, -0.25) is 0 Å². The van der Waals surface area contributed by atoms with Crippen molar-refractivity contribution < 1.29 is 22.1 Å². The summed E-state index contributed by atoms with van der Waals surface area (Å²) >= 11 is 0. The van der Waals surface area contributed by atoms with Gasteiger partial charge < -0.3 is 17.5 Å². The fourth-order valence-corrected chi connectivity index (χ4v) is 1.23. The number of aryl methyl sites for hydroxylation is 2. The summed E-state index contributed by atoms with van der Waals surface area (Å²) in [5, 5.41) is 8.79. The minimum absolute atomic E-state index is 0. The summed E-state index contributed by atoms with van der Waals surface area (Å²) in [7, 11) is 0. The third-order valence-electron chi connectivity index (χ3n) is 2.06. The Labute approximate surface area is 85.6 Å². The second-order valence-electron chi connectivity index (χ2n) is 2.95. The molecule has 1 aromatic heterocycles. The molecule has 3 heteroatoms. The van der Waals surface area contributed by atoms with E-state index in [9.17, 15) is 0 Å². The minimum Gasteiger partial charge on any atom is -1.00 e. The van der Waals surface area contributed by atoms with E-state index in [1.807, 2.05) is 0 Å². The maximum absolute atomic E-state index is 8.79. The lowest BCUT2D eigenvalue weighted by Crippen LogP contribution is -3.00.